The second-order valence-corrected chi connectivity index (χ2v) is 6.24. The van der Waals surface area contributed by atoms with Crippen molar-refractivity contribution in [3.05, 3.63) is 42.4 Å². The van der Waals surface area contributed by atoms with E-state index in [1.165, 1.54) is 0 Å². The number of imidazole rings is 1. The Morgan fingerprint density at radius 3 is 2.62 bits per heavy atom. The van der Waals surface area contributed by atoms with Crippen molar-refractivity contribution in [2.75, 3.05) is 34.2 Å². The van der Waals surface area contributed by atoms with Crippen molar-refractivity contribution < 1.29 is 4.79 Å². The summed E-state index contributed by atoms with van der Waals surface area (Å²) in [5.74, 6) is 1.70. The lowest BCUT2D eigenvalue weighted by atomic mass is 10.2. The number of carbonyl (C=O) groups is 1. The van der Waals surface area contributed by atoms with Crippen molar-refractivity contribution in [3.8, 4) is 11.3 Å². The summed E-state index contributed by atoms with van der Waals surface area (Å²) in [5.41, 5.74) is 2.10. The van der Waals surface area contributed by atoms with Gasteiger partial charge in [-0.15, -0.1) is 0 Å². The second-order valence-electron chi connectivity index (χ2n) is 6.24. The first-order valence-corrected chi connectivity index (χ1v) is 8.80. The molecular formula is C19H28N6O. The molecule has 0 radical (unpaired) electrons. The fourth-order valence-corrected chi connectivity index (χ4v) is 2.46. The summed E-state index contributed by atoms with van der Waals surface area (Å²) in [7, 11) is 5.47. The molecule has 0 saturated carbocycles. The van der Waals surface area contributed by atoms with E-state index in [1.54, 1.807) is 19.0 Å². The van der Waals surface area contributed by atoms with Crippen LogP contribution in [0.3, 0.4) is 0 Å². The zero-order valence-electron chi connectivity index (χ0n) is 16.0. The van der Waals surface area contributed by atoms with Crippen molar-refractivity contribution in [1.29, 1.82) is 0 Å². The van der Waals surface area contributed by atoms with E-state index in [2.05, 4.69) is 20.3 Å². The molecule has 2 N–H and O–H groups in total. The van der Waals surface area contributed by atoms with Crippen LogP contribution in [-0.4, -0.2) is 65.9 Å². The maximum Gasteiger partial charge on any atom is 0.223 e. The van der Waals surface area contributed by atoms with Crippen molar-refractivity contribution >= 4 is 11.9 Å². The zero-order valence-corrected chi connectivity index (χ0v) is 16.0. The maximum absolute atomic E-state index is 11.7. The number of nitrogens with one attached hydrogen (secondary N) is 2. The number of aromatic amines is 1. The van der Waals surface area contributed by atoms with Gasteiger partial charge < -0.3 is 20.1 Å². The summed E-state index contributed by atoms with van der Waals surface area (Å²) in [6.07, 6.45) is 2.24. The normalized spacial score (nSPS) is 11.3. The number of H-pyrrole nitrogens is 1. The maximum atomic E-state index is 11.7. The van der Waals surface area contributed by atoms with Gasteiger partial charge in [-0.25, -0.2) is 4.98 Å². The molecule has 0 fully saturated rings. The van der Waals surface area contributed by atoms with Crippen LogP contribution in [0.5, 0.6) is 0 Å². The van der Waals surface area contributed by atoms with E-state index in [9.17, 15) is 4.79 Å². The summed E-state index contributed by atoms with van der Waals surface area (Å²) in [4.78, 5) is 27.6. The fraction of sp³-hybridized carbons (Fsp3) is 0.421. The number of hydrogen-bond donors (Lipinski definition) is 2. The fourth-order valence-electron chi connectivity index (χ4n) is 2.46. The highest BCUT2D eigenvalue weighted by Crippen LogP contribution is 2.16. The first kappa shape index (κ1) is 19.5. The van der Waals surface area contributed by atoms with E-state index < -0.39 is 0 Å². The Bertz CT molecular complexity index is 723. The number of aliphatic imine (C=N–C) groups is 1. The Hall–Kier alpha value is -2.83. The van der Waals surface area contributed by atoms with E-state index in [1.807, 2.05) is 55.4 Å². The Morgan fingerprint density at radius 2 is 1.96 bits per heavy atom. The van der Waals surface area contributed by atoms with Crippen LogP contribution in [0, 0.1) is 0 Å². The Kier molecular flexibility index (Phi) is 7.20. The molecule has 0 bridgehead atoms. The van der Waals surface area contributed by atoms with Gasteiger partial charge in [-0.3, -0.25) is 9.79 Å². The Morgan fingerprint density at radius 1 is 1.23 bits per heavy atom. The van der Waals surface area contributed by atoms with Crippen molar-refractivity contribution in [2.45, 2.75) is 19.9 Å². The first-order valence-electron chi connectivity index (χ1n) is 8.80. The molecule has 2 aromatic rings. The quantitative estimate of drug-likeness (QED) is 0.587. The van der Waals surface area contributed by atoms with Gasteiger partial charge >= 0.3 is 0 Å². The molecule has 1 aromatic carbocycles. The minimum Gasteiger partial charge on any atom is -0.357 e. The highest BCUT2D eigenvalue weighted by molar-refractivity contribution is 5.80. The smallest absolute Gasteiger partial charge is 0.223 e. The van der Waals surface area contributed by atoms with Gasteiger partial charge in [-0.1, -0.05) is 30.3 Å². The number of rotatable bonds is 7. The summed E-state index contributed by atoms with van der Waals surface area (Å²) in [6, 6.07) is 10.1. The van der Waals surface area contributed by atoms with Crippen molar-refractivity contribution in [3.63, 3.8) is 0 Å². The van der Waals surface area contributed by atoms with Gasteiger partial charge in [-0.05, 0) is 12.5 Å². The number of benzene rings is 1. The van der Waals surface area contributed by atoms with Crippen LogP contribution >= 0.6 is 0 Å². The average molecular weight is 356 g/mol. The van der Waals surface area contributed by atoms with Crippen LogP contribution in [0.15, 0.2) is 41.5 Å². The van der Waals surface area contributed by atoms with E-state index in [4.69, 9.17) is 0 Å². The highest BCUT2D eigenvalue weighted by atomic mass is 16.2. The zero-order chi connectivity index (χ0) is 18.9. The molecule has 0 unspecified atom stereocenters. The third-order valence-electron chi connectivity index (χ3n) is 3.88. The topological polar surface area (TPSA) is 76.6 Å². The first-order chi connectivity index (χ1) is 12.5. The van der Waals surface area contributed by atoms with Crippen LogP contribution in [0.4, 0.5) is 0 Å². The van der Waals surface area contributed by atoms with Gasteiger partial charge in [0.2, 0.25) is 5.91 Å². The molecule has 0 atom stereocenters. The van der Waals surface area contributed by atoms with Crippen LogP contribution in [0.25, 0.3) is 11.3 Å². The molecule has 0 aliphatic rings. The van der Waals surface area contributed by atoms with Gasteiger partial charge in [0.15, 0.2) is 5.96 Å². The molecule has 1 aromatic heterocycles. The van der Waals surface area contributed by atoms with E-state index in [0.29, 0.717) is 19.5 Å². The predicted molar refractivity (Wildman–Crippen MR) is 105 cm³/mol. The molecule has 1 heterocycles. The molecule has 0 saturated heterocycles. The van der Waals surface area contributed by atoms with E-state index in [-0.39, 0.29) is 5.91 Å². The molecule has 0 spiro atoms. The average Bonchev–Trinajstić information content (AvgIpc) is 3.10. The van der Waals surface area contributed by atoms with E-state index in [0.717, 1.165) is 29.6 Å². The van der Waals surface area contributed by atoms with Crippen molar-refractivity contribution in [2.24, 2.45) is 4.99 Å². The molecule has 26 heavy (non-hydrogen) atoms. The van der Waals surface area contributed by atoms with Gasteiger partial charge in [-0.2, -0.15) is 0 Å². The largest absolute Gasteiger partial charge is 0.357 e. The predicted octanol–water partition coefficient (Wildman–Crippen LogP) is 1.95. The van der Waals surface area contributed by atoms with Gasteiger partial charge in [0.05, 0.1) is 25.0 Å². The standard InChI is InChI=1S/C19H28N6O/c1-5-20-19(21-12-11-18(26)24(2)3)25(4)14-17-22-13-16(23-17)15-9-7-6-8-10-15/h6-10,13H,5,11-12,14H2,1-4H3,(H,20,21)(H,22,23). The molecule has 7 heteroatoms. The third kappa shape index (κ3) is 5.61. The molecule has 0 aliphatic heterocycles. The van der Waals surface area contributed by atoms with Gasteiger partial charge in [0.1, 0.15) is 5.82 Å². The molecule has 0 aliphatic carbocycles. The molecule has 1 amide bonds. The highest BCUT2D eigenvalue weighted by Gasteiger charge is 2.10. The number of hydrogen-bond acceptors (Lipinski definition) is 3. The third-order valence-corrected chi connectivity index (χ3v) is 3.88. The van der Waals surface area contributed by atoms with E-state index >= 15 is 0 Å². The number of aromatic nitrogens is 2. The molecule has 2 rings (SSSR count). The lowest BCUT2D eigenvalue weighted by Crippen LogP contribution is -2.39. The van der Waals surface area contributed by atoms with Crippen molar-refractivity contribution in [1.82, 2.24) is 25.1 Å². The monoisotopic (exact) mass is 356 g/mol. The Balaban J connectivity index is 1.99. The van der Waals surface area contributed by atoms with Gasteiger partial charge in [0.25, 0.3) is 0 Å². The van der Waals surface area contributed by atoms with Crippen LogP contribution < -0.4 is 5.32 Å². The Labute approximate surface area is 155 Å². The summed E-state index contributed by atoms with van der Waals surface area (Å²) >= 11 is 0. The molecule has 7 nitrogen and oxygen atoms in total. The number of guanidine groups is 1. The SMILES string of the molecule is CCNC(=NCCC(=O)N(C)C)N(C)Cc1ncc(-c2ccccc2)[nH]1. The second kappa shape index (κ2) is 9.60. The van der Waals surface area contributed by atoms with Gasteiger partial charge in [0, 0.05) is 34.1 Å². The summed E-state index contributed by atoms with van der Waals surface area (Å²) in [6.45, 7) is 3.84. The molecular weight excluding hydrogens is 328 g/mol. The minimum absolute atomic E-state index is 0.0748. The number of nitrogens with zero attached hydrogens (tertiary/aromatic N) is 4. The van der Waals surface area contributed by atoms with Crippen LogP contribution in [-0.2, 0) is 11.3 Å². The van der Waals surface area contributed by atoms with Crippen LogP contribution in [0.1, 0.15) is 19.2 Å². The lowest BCUT2D eigenvalue weighted by Gasteiger charge is -2.21. The lowest BCUT2D eigenvalue weighted by molar-refractivity contribution is -0.128. The minimum atomic E-state index is 0.0748. The molecule has 140 valence electrons. The number of amides is 1. The summed E-state index contributed by atoms with van der Waals surface area (Å²) in [5, 5.41) is 3.25. The number of carbonyl (C=O) groups excluding carboxylic acids is 1. The van der Waals surface area contributed by atoms with Crippen LogP contribution in [0.2, 0.25) is 0 Å². The summed E-state index contributed by atoms with van der Waals surface area (Å²) < 4.78 is 0.